The Morgan fingerprint density at radius 1 is 1.06 bits per heavy atom. The summed E-state index contributed by atoms with van der Waals surface area (Å²) in [6, 6.07) is 19.6. The van der Waals surface area contributed by atoms with Gasteiger partial charge in [0.05, 0.1) is 6.04 Å². The van der Waals surface area contributed by atoms with E-state index >= 15 is 0 Å². The fraction of sp³-hybridized carbons (Fsp3) is 0.280. The third-order valence-electron chi connectivity index (χ3n) is 6.04. The molecular weight excluding hydrogens is 420 g/mol. The van der Waals surface area contributed by atoms with Crippen molar-refractivity contribution < 1.29 is 4.79 Å². The zero-order chi connectivity index (χ0) is 22.1. The van der Waals surface area contributed by atoms with E-state index in [2.05, 4.69) is 22.0 Å². The number of aromatic nitrogens is 3. The van der Waals surface area contributed by atoms with Crippen LogP contribution in [0.2, 0.25) is 0 Å². The van der Waals surface area contributed by atoms with Crippen molar-refractivity contribution in [3.8, 4) is 11.4 Å². The van der Waals surface area contributed by atoms with Crippen LogP contribution in [0.25, 0.3) is 21.7 Å². The second kappa shape index (κ2) is 8.67. The van der Waals surface area contributed by atoms with Crippen molar-refractivity contribution in [2.45, 2.75) is 31.7 Å². The van der Waals surface area contributed by atoms with E-state index in [0.29, 0.717) is 27.7 Å². The first kappa shape index (κ1) is 20.6. The van der Waals surface area contributed by atoms with Gasteiger partial charge < -0.3 is 4.90 Å². The quantitative estimate of drug-likeness (QED) is 0.445. The highest BCUT2D eigenvalue weighted by Crippen LogP contribution is 2.33. The molecule has 32 heavy (non-hydrogen) atoms. The number of thiazole rings is 1. The van der Waals surface area contributed by atoms with Crippen LogP contribution in [-0.2, 0) is 18.3 Å². The molecule has 0 saturated carbocycles. The minimum Gasteiger partial charge on any atom is -0.338 e. The van der Waals surface area contributed by atoms with E-state index in [1.807, 2.05) is 48.5 Å². The lowest BCUT2D eigenvalue weighted by molar-refractivity contribution is -0.120. The molecular formula is C25H24N4O2S. The normalized spacial score (nSPS) is 16.0. The summed E-state index contributed by atoms with van der Waals surface area (Å²) in [7, 11) is 1.72. The fourth-order valence-corrected chi connectivity index (χ4v) is 5.33. The van der Waals surface area contributed by atoms with Gasteiger partial charge in [0.15, 0.2) is 21.3 Å². The van der Waals surface area contributed by atoms with Crippen molar-refractivity contribution >= 4 is 32.6 Å². The Kier molecular flexibility index (Phi) is 5.57. The molecule has 2 aromatic heterocycles. The van der Waals surface area contributed by atoms with Crippen molar-refractivity contribution in [1.29, 1.82) is 0 Å². The average molecular weight is 445 g/mol. The van der Waals surface area contributed by atoms with Crippen LogP contribution < -0.4 is 10.5 Å². The first-order valence-electron chi connectivity index (χ1n) is 10.9. The molecule has 0 spiro atoms. The zero-order valence-corrected chi connectivity index (χ0v) is 18.7. The van der Waals surface area contributed by atoms with Gasteiger partial charge in [0.1, 0.15) is 5.82 Å². The molecule has 0 bridgehead atoms. The summed E-state index contributed by atoms with van der Waals surface area (Å²) < 4.78 is 1.55. The fourth-order valence-electron chi connectivity index (χ4n) is 4.32. The first-order chi connectivity index (χ1) is 15.6. The number of carbonyl (C=O) groups is 1. The molecule has 1 atom stereocenters. The number of fused-ring (bicyclic) bond motifs is 1. The minimum absolute atomic E-state index is 0.164. The third-order valence-corrected chi connectivity index (χ3v) is 7.02. The van der Waals surface area contributed by atoms with Gasteiger partial charge in [0, 0.05) is 25.6 Å². The van der Waals surface area contributed by atoms with E-state index in [4.69, 9.17) is 4.98 Å². The highest BCUT2D eigenvalue weighted by atomic mass is 32.1. The number of hydrogen-bond acceptors (Lipinski definition) is 6. The Morgan fingerprint density at radius 3 is 2.53 bits per heavy atom. The van der Waals surface area contributed by atoms with Gasteiger partial charge in [-0.3, -0.25) is 14.2 Å². The van der Waals surface area contributed by atoms with Crippen LogP contribution in [0.4, 0.5) is 5.13 Å². The molecule has 1 aliphatic rings. The van der Waals surface area contributed by atoms with Crippen LogP contribution in [-0.4, -0.2) is 32.9 Å². The number of ketones is 1. The number of anilines is 1. The van der Waals surface area contributed by atoms with Gasteiger partial charge in [-0.05, 0) is 24.8 Å². The van der Waals surface area contributed by atoms with Crippen molar-refractivity contribution in [3.63, 3.8) is 0 Å². The number of Topliss-reactive ketones (excluding diaryl/α,β-unsaturated/α-hetero) is 1. The number of carbonyl (C=O) groups excluding carboxylic acids is 1. The van der Waals surface area contributed by atoms with Gasteiger partial charge in [0.2, 0.25) is 0 Å². The van der Waals surface area contributed by atoms with Crippen LogP contribution in [0, 0.1) is 0 Å². The predicted molar refractivity (Wildman–Crippen MR) is 128 cm³/mol. The molecule has 0 radical (unpaired) electrons. The Labute approximate surface area is 190 Å². The van der Waals surface area contributed by atoms with Crippen LogP contribution in [0.3, 0.4) is 0 Å². The monoisotopic (exact) mass is 444 g/mol. The van der Waals surface area contributed by atoms with E-state index in [9.17, 15) is 9.59 Å². The Morgan fingerprint density at radius 2 is 1.78 bits per heavy atom. The smallest absolute Gasteiger partial charge is 0.281 e. The maximum atomic E-state index is 13.0. The largest absolute Gasteiger partial charge is 0.338 e. The van der Waals surface area contributed by atoms with E-state index in [1.54, 1.807) is 11.6 Å². The van der Waals surface area contributed by atoms with E-state index in [1.165, 1.54) is 16.9 Å². The first-order valence-corrected chi connectivity index (χ1v) is 11.7. The molecule has 6 nitrogen and oxygen atoms in total. The molecule has 7 heteroatoms. The summed E-state index contributed by atoms with van der Waals surface area (Å²) in [5.41, 5.74) is 2.27. The molecule has 3 heterocycles. The Balaban J connectivity index is 1.43. The second-order valence-corrected chi connectivity index (χ2v) is 9.08. The molecule has 4 aromatic rings. The maximum Gasteiger partial charge on any atom is 0.281 e. The standard InChI is InChI=1S/C25H24N4O2S/c1-28-22(18-11-6-3-7-12-18)27-23-21(24(28)31)26-25(32-23)29-16-8-13-19(29)20(30)15-14-17-9-4-2-5-10-17/h2-7,9-12,19H,8,13-16H2,1H3/t19-/m1/s1. The molecule has 0 unspecified atom stereocenters. The molecule has 0 N–H and O–H groups in total. The number of rotatable bonds is 6. The summed E-state index contributed by atoms with van der Waals surface area (Å²) in [6.45, 7) is 0.771. The van der Waals surface area contributed by atoms with Crippen molar-refractivity contribution in [2.75, 3.05) is 11.4 Å². The van der Waals surface area contributed by atoms with E-state index < -0.39 is 0 Å². The van der Waals surface area contributed by atoms with E-state index in [-0.39, 0.29) is 17.4 Å². The summed E-state index contributed by atoms with van der Waals surface area (Å²) in [5.74, 6) is 0.853. The molecule has 2 aromatic carbocycles. The van der Waals surface area contributed by atoms with Gasteiger partial charge in [0.25, 0.3) is 5.56 Å². The Hall–Kier alpha value is -3.32. The van der Waals surface area contributed by atoms with Crippen LogP contribution in [0.1, 0.15) is 24.8 Å². The highest BCUT2D eigenvalue weighted by molar-refractivity contribution is 7.21. The van der Waals surface area contributed by atoms with Crippen molar-refractivity contribution in [2.24, 2.45) is 7.05 Å². The molecule has 1 aliphatic heterocycles. The van der Waals surface area contributed by atoms with Gasteiger partial charge in [-0.25, -0.2) is 9.97 Å². The second-order valence-electron chi connectivity index (χ2n) is 8.12. The highest BCUT2D eigenvalue weighted by Gasteiger charge is 2.32. The van der Waals surface area contributed by atoms with Crippen molar-refractivity contribution in [3.05, 3.63) is 76.6 Å². The lowest BCUT2D eigenvalue weighted by atomic mass is 10.0. The van der Waals surface area contributed by atoms with Crippen LogP contribution in [0.15, 0.2) is 65.5 Å². The molecule has 5 rings (SSSR count). The topological polar surface area (TPSA) is 68.1 Å². The average Bonchev–Trinajstić information content (AvgIpc) is 3.48. The number of aryl methyl sites for hydroxylation is 1. The minimum atomic E-state index is -0.184. The summed E-state index contributed by atoms with van der Waals surface area (Å²) >= 11 is 1.40. The third kappa shape index (κ3) is 3.84. The summed E-state index contributed by atoms with van der Waals surface area (Å²) in [5, 5.41) is 0.713. The SMILES string of the molecule is Cn1c(-c2ccccc2)nc2sc(N3CCC[C@@H]3C(=O)CCc3ccccc3)nc2c1=O. The summed E-state index contributed by atoms with van der Waals surface area (Å²) in [6.07, 6.45) is 3.02. The Bertz CT molecular complexity index is 1310. The molecule has 162 valence electrons. The van der Waals surface area contributed by atoms with Gasteiger partial charge in [-0.2, -0.15) is 0 Å². The number of hydrogen-bond donors (Lipinski definition) is 0. The molecule has 0 aliphatic carbocycles. The lowest BCUT2D eigenvalue weighted by Crippen LogP contribution is -2.36. The number of nitrogens with zero attached hydrogens (tertiary/aromatic N) is 4. The zero-order valence-electron chi connectivity index (χ0n) is 17.9. The molecule has 1 saturated heterocycles. The van der Waals surface area contributed by atoms with Crippen molar-refractivity contribution in [1.82, 2.24) is 14.5 Å². The van der Waals surface area contributed by atoms with Crippen LogP contribution >= 0.6 is 11.3 Å². The van der Waals surface area contributed by atoms with E-state index in [0.717, 1.165) is 31.4 Å². The van der Waals surface area contributed by atoms with Gasteiger partial charge in [-0.15, -0.1) is 0 Å². The van der Waals surface area contributed by atoms with Crippen LogP contribution in [0.5, 0.6) is 0 Å². The molecule has 0 amide bonds. The number of benzene rings is 2. The molecule has 1 fully saturated rings. The summed E-state index contributed by atoms with van der Waals surface area (Å²) in [4.78, 5) is 38.1. The maximum absolute atomic E-state index is 13.0. The predicted octanol–water partition coefficient (Wildman–Crippen LogP) is 4.23. The van der Waals surface area contributed by atoms with Gasteiger partial charge >= 0.3 is 0 Å². The lowest BCUT2D eigenvalue weighted by Gasteiger charge is -2.22. The van der Waals surface area contributed by atoms with Gasteiger partial charge in [-0.1, -0.05) is 72.0 Å².